The molecule has 3 rings (SSSR count). The summed E-state index contributed by atoms with van der Waals surface area (Å²) in [5.74, 6) is 0.0877. The fraction of sp³-hybridized carbons (Fsp3) is 0.611. The van der Waals surface area contributed by atoms with Gasteiger partial charge < -0.3 is 10.6 Å². The highest BCUT2D eigenvalue weighted by Crippen LogP contribution is 2.28. The number of amides is 1. The maximum absolute atomic E-state index is 13.0. The maximum atomic E-state index is 13.0. The van der Waals surface area contributed by atoms with E-state index in [-0.39, 0.29) is 11.8 Å². The number of nitrogens with two attached hydrogens (primary N) is 1. The van der Waals surface area contributed by atoms with E-state index in [1.165, 1.54) is 5.56 Å². The molecule has 1 aromatic carbocycles. The van der Waals surface area contributed by atoms with Crippen LogP contribution in [0.1, 0.15) is 30.4 Å². The van der Waals surface area contributed by atoms with Crippen molar-refractivity contribution in [3.63, 3.8) is 0 Å². The van der Waals surface area contributed by atoms with Crippen LogP contribution < -0.4 is 5.73 Å². The van der Waals surface area contributed by atoms with E-state index in [0.29, 0.717) is 44.0 Å². The summed E-state index contributed by atoms with van der Waals surface area (Å²) in [6, 6.07) is 5.66. The van der Waals surface area contributed by atoms with Gasteiger partial charge in [-0.2, -0.15) is 0 Å². The Balaban J connectivity index is 1.66. The van der Waals surface area contributed by atoms with Crippen LogP contribution in [0.5, 0.6) is 0 Å². The van der Waals surface area contributed by atoms with Gasteiger partial charge in [0.05, 0.1) is 4.90 Å². The van der Waals surface area contributed by atoms with E-state index in [9.17, 15) is 13.2 Å². The Kier molecular flexibility index (Phi) is 5.76. The van der Waals surface area contributed by atoms with Crippen molar-refractivity contribution in [2.75, 3.05) is 38.6 Å². The van der Waals surface area contributed by atoms with E-state index < -0.39 is 9.84 Å². The summed E-state index contributed by atoms with van der Waals surface area (Å²) >= 11 is 0. The largest absolute Gasteiger partial charge is 0.340 e. The molecule has 1 aliphatic heterocycles. The molecule has 0 aromatic heterocycles. The fourth-order valence-corrected chi connectivity index (χ4v) is 5.53. The summed E-state index contributed by atoms with van der Waals surface area (Å²) in [7, 11) is -3.35. The van der Waals surface area contributed by atoms with Gasteiger partial charge in [0.25, 0.3) is 0 Å². The molecule has 0 spiro atoms. The number of fused-ring (bicyclic) bond motifs is 1. The highest BCUT2D eigenvalue weighted by molar-refractivity contribution is 7.91. The standard InChI is InChI=1S/C18H27N3O3S/c19-9-8-18(22)21-12-10-20(11-13-21)14-25(23,24)17-7-3-5-15-4-1-2-6-16(15)17/h3,5,7H,1-2,4,6,8-14,19H2. The molecule has 0 atom stereocenters. The molecule has 0 saturated carbocycles. The number of piperazine rings is 1. The van der Waals surface area contributed by atoms with Gasteiger partial charge >= 0.3 is 0 Å². The van der Waals surface area contributed by atoms with Crippen molar-refractivity contribution < 1.29 is 13.2 Å². The lowest BCUT2D eigenvalue weighted by atomic mass is 9.92. The predicted octanol–water partition coefficient (Wildman–Crippen LogP) is 0.790. The van der Waals surface area contributed by atoms with Crippen molar-refractivity contribution >= 4 is 15.7 Å². The molecule has 2 N–H and O–H groups in total. The van der Waals surface area contributed by atoms with E-state index in [0.717, 1.165) is 31.2 Å². The number of hydrogen-bond acceptors (Lipinski definition) is 5. The van der Waals surface area contributed by atoms with Gasteiger partial charge in [-0.1, -0.05) is 12.1 Å². The Morgan fingerprint density at radius 1 is 1.08 bits per heavy atom. The minimum absolute atomic E-state index is 0.0301. The number of carbonyl (C=O) groups is 1. The summed E-state index contributed by atoms with van der Waals surface area (Å²) < 4.78 is 25.9. The predicted molar refractivity (Wildman–Crippen MR) is 97.0 cm³/mol. The molecule has 1 aromatic rings. The number of sulfone groups is 1. The van der Waals surface area contributed by atoms with E-state index in [4.69, 9.17) is 5.73 Å². The van der Waals surface area contributed by atoms with Crippen LogP contribution in [0.4, 0.5) is 0 Å². The first-order chi connectivity index (χ1) is 12.0. The lowest BCUT2D eigenvalue weighted by molar-refractivity contribution is -0.132. The molecular weight excluding hydrogens is 338 g/mol. The van der Waals surface area contributed by atoms with Crippen LogP contribution in [-0.4, -0.2) is 62.7 Å². The van der Waals surface area contributed by atoms with Crippen LogP contribution in [-0.2, 0) is 27.5 Å². The lowest BCUT2D eigenvalue weighted by Crippen LogP contribution is -2.50. The van der Waals surface area contributed by atoms with Crippen LogP contribution >= 0.6 is 0 Å². The number of benzene rings is 1. The number of hydrogen-bond donors (Lipinski definition) is 1. The highest BCUT2D eigenvalue weighted by atomic mass is 32.2. The normalized spacial score (nSPS) is 18.8. The van der Waals surface area contributed by atoms with Crippen molar-refractivity contribution in [1.82, 2.24) is 9.80 Å². The van der Waals surface area contributed by atoms with Crippen molar-refractivity contribution in [2.45, 2.75) is 37.0 Å². The average Bonchev–Trinajstić information content (AvgIpc) is 2.61. The van der Waals surface area contributed by atoms with Crippen molar-refractivity contribution in [3.8, 4) is 0 Å². The Hall–Kier alpha value is -1.44. The molecule has 2 aliphatic rings. The quantitative estimate of drug-likeness (QED) is 0.834. The Labute approximate surface area is 149 Å². The van der Waals surface area contributed by atoms with Gasteiger partial charge in [-0.25, -0.2) is 8.42 Å². The van der Waals surface area contributed by atoms with E-state index >= 15 is 0 Å². The molecule has 6 nitrogen and oxygen atoms in total. The number of aryl methyl sites for hydroxylation is 1. The zero-order valence-electron chi connectivity index (χ0n) is 14.6. The Morgan fingerprint density at radius 2 is 1.80 bits per heavy atom. The molecule has 0 bridgehead atoms. The van der Waals surface area contributed by atoms with Gasteiger partial charge in [-0.15, -0.1) is 0 Å². The van der Waals surface area contributed by atoms with Crippen molar-refractivity contribution in [2.24, 2.45) is 5.73 Å². The fourth-order valence-electron chi connectivity index (χ4n) is 3.76. The molecule has 1 amide bonds. The lowest BCUT2D eigenvalue weighted by Gasteiger charge is -2.34. The summed E-state index contributed by atoms with van der Waals surface area (Å²) in [5, 5.41) is 0. The van der Waals surface area contributed by atoms with E-state index in [2.05, 4.69) is 6.07 Å². The van der Waals surface area contributed by atoms with Crippen LogP contribution in [0, 0.1) is 0 Å². The molecule has 0 radical (unpaired) electrons. The Morgan fingerprint density at radius 3 is 2.52 bits per heavy atom. The third-order valence-corrected chi connectivity index (χ3v) is 6.88. The second-order valence-corrected chi connectivity index (χ2v) is 8.81. The molecule has 0 unspecified atom stereocenters. The van der Waals surface area contributed by atoms with Gasteiger partial charge in [0.2, 0.25) is 5.91 Å². The van der Waals surface area contributed by atoms with Gasteiger partial charge in [0.1, 0.15) is 5.88 Å². The van der Waals surface area contributed by atoms with Crippen LogP contribution in [0.25, 0.3) is 0 Å². The smallest absolute Gasteiger partial charge is 0.223 e. The highest BCUT2D eigenvalue weighted by Gasteiger charge is 2.27. The first-order valence-corrected chi connectivity index (χ1v) is 10.7. The molecule has 1 fully saturated rings. The van der Waals surface area contributed by atoms with Crippen LogP contribution in [0.2, 0.25) is 0 Å². The second kappa shape index (κ2) is 7.85. The van der Waals surface area contributed by atoms with Crippen molar-refractivity contribution in [3.05, 3.63) is 29.3 Å². The minimum Gasteiger partial charge on any atom is -0.340 e. The number of nitrogens with zero attached hydrogens (tertiary/aromatic N) is 2. The van der Waals surface area contributed by atoms with Gasteiger partial charge in [-0.3, -0.25) is 9.69 Å². The zero-order chi connectivity index (χ0) is 17.9. The van der Waals surface area contributed by atoms with Crippen LogP contribution in [0.15, 0.2) is 23.1 Å². The molecule has 1 heterocycles. The molecule has 25 heavy (non-hydrogen) atoms. The first-order valence-electron chi connectivity index (χ1n) is 9.05. The van der Waals surface area contributed by atoms with E-state index in [1.54, 1.807) is 11.0 Å². The Bertz CT molecular complexity index is 725. The zero-order valence-corrected chi connectivity index (χ0v) is 15.4. The third-order valence-electron chi connectivity index (χ3n) is 5.12. The topological polar surface area (TPSA) is 83.7 Å². The molecular formula is C18H27N3O3S. The average molecular weight is 365 g/mol. The third kappa shape index (κ3) is 4.22. The second-order valence-electron chi connectivity index (χ2n) is 6.88. The summed E-state index contributed by atoms with van der Waals surface area (Å²) in [6.07, 6.45) is 4.37. The van der Waals surface area contributed by atoms with Gasteiger partial charge in [0, 0.05) is 39.1 Å². The van der Waals surface area contributed by atoms with Gasteiger partial charge in [-0.05, 0) is 42.9 Å². The minimum atomic E-state index is -3.35. The molecule has 138 valence electrons. The monoisotopic (exact) mass is 365 g/mol. The summed E-state index contributed by atoms with van der Waals surface area (Å²) in [5.41, 5.74) is 7.63. The first kappa shape index (κ1) is 18.4. The number of carbonyl (C=O) groups excluding carboxylic acids is 1. The van der Waals surface area contributed by atoms with Gasteiger partial charge in [0.15, 0.2) is 9.84 Å². The molecule has 7 heteroatoms. The number of rotatable bonds is 5. The molecule has 1 saturated heterocycles. The maximum Gasteiger partial charge on any atom is 0.223 e. The van der Waals surface area contributed by atoms with E-state index in [1.807, 2.05) is 11.0 Å². The molecule has 1 aliphatic carbocycles. The SMILES string of the molecule is NCCC(=O)N1CCN(CS(=O)(=O)c2cccc3c2CCCC3)CC1. The summed E-state index contributed by atoms with van der Waals surface area (Å²) in [6.45, 7) is 2.67. The summed E-state index contributed by atoms with van der Waals surface area (Å²) in [4.78, 5) is 16.1. The van der Waals surface area contributed by atoms with Crippen molar-refractivity contribution in [1.29, 1.82) is 0 Å². The van der Waals surface area contributed by atoms with Crippen LogP contribution in [0.3, 0.4) is 0 Å².